The molecular formula is C13H16Cl2N2O4. The molecule has 0 amide bonds. The lowest BCUT2D eigenvalue weighted by molar-refractivity contribution is -0.383. The molecule has 0 spiro atoms. The fourth-order valence-corrected chi connectivity index (χ4v) is 2.05. The van der Waals surface area contributed by atoms with Crippen molar-refractivity contribution in [2.24, 2.45) is 0 Å². The van der Waals surface area contributed by atoms with E-state index in [2.05, 4.69) is 10.1 Å². The average molecular weight is 335 g/mol. The van der Waals surface area contributed by atoms with Crippen LogP contribution >= 0.6 is 23.2 Å². The second-order valence-electron chi connectivity index (χ2n) is 4.35. The fraction of sp³-hybridized carbons (Fsp3) is 0.462. The molecule has 0 radical (unpaired) electrons. The lowest BCUT2D eigenvalue weighted by atomic mass is 10.2. The predicted octanol–water partition coefficient (Wildman–Crippen LogP) is 4.05. The Bertz CT molecular complexity index is 523. The van der Waals surface area contributed by atoms with Crippen molar-refractivity contribution in [2.45, 2.75) is 25.7 Å². The number of hydrogen-bond donors (Lipinski definition) is 1. The lowest BCUT2D eigenvalue weighted by Crippen LogP contribution is -2.05. The third-order valence-electron chi connectivity index (χ3n) is 2.84. The topological polar surface area (TPSA) is 81.5 Å². The molecule has 0 bridgehead atoms. The number of halogens is 2. The Morgan fingerprint density at radius 2 is 1.95 bits per heavy atom. The quantitative estimate of drug-likeness (QED) is 0.335. The Morgan fingerprint density at radius 3 is 2.57 bits per heavy atom. The van der Waals surface area contributed by atoms with E-state index in [4.69, 9.17) is 23.2 Å². The molecule has 0 aliphatic rings. The van der Waals surface area contributed by atoms with E-state index in [1.54, 1.807) is 0 Å². The van der Waals surface area contributed by atoms with Crippen LogP contribution in [0, 0.1) is 10.1 Å². The van der Waals surface area contributed by atoms with Crippen LogP contribution in [0.25, 0.3) is 0 Å². The highest BCUT2D eigenvalue weighted by atomic mass is 35.5. The Kier molecular flexibility index (Phi) is 7.25. The highest BCUT2D eigenvalue weighted by molar-refractivity contribution is 6.42. The molecule has 1 rings (SSSR count). The van der Waals surface area contributed by atoms with Crippen LogP contribution in [0.5, 0.6) is 0 Å². The van der Waals surface area contributed by atoms with Crippen LogP contribution < -0.4 is 5.32 Å². The number of carbonyl (C=O) groups excluding carboxylic acids is 1. The number of ether oxygens (including phenoxy) is 1. The molecule has 116 valence electrons. The molecule has 6 nitrogen and oxygen atoms in total. The monoisotopic (exact) mass is 334 g/mol. The van der Waals surface area contributed by atoms with Gasteiger partial charge in [0.2, 0.25) is 0 Å². The highest BCUT2D eigenvalue weighted by Gasteiger charge is 2.16. The number of nitro benzene ring substituents is 1. The summed E-state index contributed by atoms with van der Waals surface area (Å²) in [6.07, 6.45) is 2.69. The van der Waals surface area contributed by atoms with Crippen molar-refractivity contribution in [3.63, 3.8) is 0 Å². The van der Waals surface area contributed by atoms with E-state index in [0.717, 1.165) is 19.3 Å². The second-order valence-corrected chi connectivity index (χ2v) is 5.17. The van der Waals surface area contributed by atoms with E-state index >= 15 is 0 Å². The minimum atomic E-state index is -0.512. The molecule has 0 heterocycles. The lowest BCUT2D eigenvalue weighted by Gasteiger charge is -2.08. The van der Waals surface area contributed by atoms with Crippen LogP contribution in [-0.4, -0.2) is 24.5 Å². The first-order valence-corrected chi connectivity index (χ1v) is 7.15. The zero-order valence-electron chi connectivity index (χ0n) is 11.5. The third kappa shape index (κ3) is 5.77. The standard InChI is InChI=1S/C13H16Cl2N2O4/c1-21-13(18)5-3-2-4-6-16-11-7-9(14)10(15)8-12(11)17(19)20/h7-8,16H,2-6H2,1H3. The smallest absolute Gasteiger partial charge is 0.305 e. The van der Waals surface area contributed by atoms with Gasteiger partial charge in [0.25, 0.3) is 5.69 Å². The first-order valence-electron chi connectivity index (χ1n) is 6.40. The van der Waals surface area contributed by atoms with Crippen molar-refractivity contribution in [3.8, 4) is 0 Å². The molecule has 0 aromatic heterocycles. The van der Waals surface area contributed by atoms with Crippen LogP contribution in [0.3, 0.4) is 0 Å². The molecule has 0 saturated carbocycles. The van der Waals surface area contributed by atoms with Gasteiger partial charge in [-0.2, -0.15) is 0 Å². The summed E-state index contributed by atoms with van der Waals surface area (Å²) in [5, 5.41) is 14.3. The van der Waals surface area contributed by atoms with Crippen LogP contribution in [0.4, 0.5) is 11.4 Å². The highest BCUT2D eigenvalue weighted by Crippen LogP contribution is 2.33. The Morgan fingerprint density at radius 1 is 1.29 bits per heavy atom. The molecule has 8 heteroatoms. The maximum atomic E-state index is 10.9. The SMILES string of the molecule is COC(=O)CCCCCNc1cc(Cl)c(Cl)cc1[N+](=O)[O-]. The molecule has 1 aromatic rings. The van der Waals surface area contributed by atoms with Crippen LogP contribution in [-0.2, 0) is 9.53 Å². The second kappa shape index (κ2) is 8.69. The molecule has 0 atom stereocenters. The maximum absolute atomic E-state index is 10.9. The van der Waals surface area contributed by atoms with Crippen molar-refractivity contribution in [2.75, 3.05) is 19.0 Å². The fourth-order valence-electron chi connectivity index (χ4n) is 1.73. The Labute approximate surface area is 132 Å². The summed E-state index contributed by atoms with van der Waals surface area (Å²) < 4.78 is 4.54. The number of nitrogens with zero attached hydrogens (tertiary/aromatic N) is 1. The van der Waals surface area contributed by atoms with Crippen LogP contribution in [0.2, 0.25) is 10.0 Å². The maximum Gasteiger partial charge on any atom is 0.305 e. The summed E-state index contributed by atoms with van der Waals surface area (Å²) in [5.74, 6) is -0.233. The number of anilines is 1. The van der Waals surface area contributed by atoms with Crippen molar-refractivity contribution in [3.05, 3.63) is 32.3 Å². The van der Waals surface area contributed by atoms with Gasteiger partial charge in [-0.3, -0.25) is 14.9 Å². The summed E-state index contributed by atoms with van der Waals surface area (Å²) in [6, 6.07) is 2.67. The van der Waals surface area contributed by atoms with Gasteiger partial charge in [-0.15, -0.1) is 0 Å². The van der Waals surface area contributed by atoms with Gasteiger partial charge in [0.05, 0.1) is 22.1 Å². The van der Waals surface area contributed by atoms with Gasteiger partial charge in [0.15, 0.2) is 0 Å². The summed E-state index contributed by atoms with van der Waals surface area (Å²) in [7, 11) is 1.35. The third-order valence-corrected chi connectivity index (χ3v) is 3.56. The number of esters is 1. The number of methoxy groups -OCH3 is 1. The van der Waals surface area contributed by atoms with Gasteiger partial charge >= 0.3 is 5.97 Å². The molecule has 1 aromatic carbocycles. The van der Waals surface area contributed by atoms with Gasteiger partial charge in [-0.1, -0.05) is 29.6 Å². The number of unbranched alkanes of at least 4 members (excludes halogenated alkanes) is 2. The molecule has 0 fully saturated rings. The molecule has 0 saturated heterocycles. The predicted molar refractivity (Wildman–Crippen MR) is 82.1 cm³/mol. The summed E-state index contributed by atoms with van der Waals surface area (Å²) in [6.45, 7) is 0.542. The van der Waals surface area contributed by atoms with E-state index in [-0.39, 0.29) is 21.7 Å². The summed E-state index contributed by atoms with van der Waals surface area (Å²) in [5.41, 5.74) is 0.223. The molecule has 0 aliphatic carbocycles. The minimum absolute atomic E-state index is 0.112. The number of rotatable bonds is 8. The van der Waals surface area contributed by atoms with Crippen molar-refractivity contribution in [1.82, 2.24) is 0 Å². The van der Waals surface area contributed by atoms with Gasteiger partial charge in [0, 0.05) is 19.0 Å². The largest absolute Gasteiger partial charge is 0.469 e. The number of nitro groups is 1. The summed E-state index contributed by atoms with van der Waals surface area (Å²) >= 11 is 11.6. The van der Waals surface area contributed by atoms with Crippen molar-refractivity contribution >= 4 is 40.5 Å². The van der Waals surface area contributed by atoms with Gasteiger partial charge in [-0.25, -0.2) is 0 Å². The minimum Gasteiger partial charge on any atom is -0.469 e. The molecule has 0 unspecified atom stereocenters. The number of carbonyl (C=O) groups is 1. The van der Waals surface area contributed by atoms with E-state index in [0.29, 0.717) is 18.7 Å². The normalized spacial score (nSPS) is 10.2. The van der Waals surface area contributed by atoms with Gasteiger partial charge in [-0.05, 0) is 18.9 Å². The van der Waals surface area contributed by atoms with Crippen molar-refractivity contribution < 1.29 is 14.5 Å². The number of hydrogen-bond acceptors (Lipinski definition) is 5. The van der Waals surface area contributed by atoms with Crippen LogP contribution in [0.1, 0.15) is 25.7 Å². The Balaban J connectivity index is 2.46. The van der Waals surface area contributed by atoms with Gasteiger partial charge in [0.1, 0.15) is 5.69 Å². The first-order chi connectivity index (χ1) is 9.95. The zero-order valence-corrected chi connectivity index (χ0v) is 13.0. The molecule has 1 N–H and O–H groups in total. The van der Waals surface area contributed by atoms with E-state index < -0.39 is 4.92 Å². The van der Waals surface area contributed by atoms with Crippen molar-refractivity contribution in [1.29, 1.82) is 0 Å². The number of nitrogens with one attached hydrogen (secondary N) is 1. The first kappa shape index (κ1) is 17.5. The molecular weight excluding hydrogens is 319 g/mol. The van der Waals surface area contributed by atoms with E-state index in [1.807, 2.05) is 0 Å². The van der Waals surface area contributed by atoms with Gasteiger partial charge < -0.3 is 10.1 Å². The van der Waals surface area contributed by atoms with E-state index in [1.165, 1.54) is 19.2 Å². The summed E-state index contributed by atoms with van der Waals surface area (Å²) in [4.78, 5) is 21.3. The Hall–Kier alpha value is -1.53. The molecule has 21 heavy (non-hydrogen) atoms. The van der Waals surface area contributed by atoms with Crippen LogP contribution in [0.15, 0.2) is 12.1 Å². The average Bonchev–Trinajstić information content (AvgIpc) is 2.45. The van der Waals surface area contributed by atoms with E-state index in [9.17, 15) is 14.9 Å². The molecule has 0 aliphatic heterocycles. The zero-order chi connectivity index (χ0) is 15.8. The number of benzene rings is 1.